The number of nitrogens with zero attached hydrogens (tertiary/aromatic N) is 2. The highest BCUT2D eigenvalue weighted by molar-refractivity contribution is 7.90. The van der Waals surface area contributed by atoms with Crippen LogP contribution in [0.2, 0.25) is 0 Å². The molecule has 0 amide bonds. The molecule has 20 heavy (non-hydrogen) atoms. The minimum atomic E-state index is -3.31. The van der Waals surface area contributed by atoms with Gasteiger partial charge in [0.15, 0.2) is 15.7 Å². The van der Waals surface area contributed by atoms with Gasteiger partial charge in [0.25, 0.3) is 5.88 Å². The molecular weight excluding hydrogens is 282 g/mol. The summed E-state index contributed by atoms with van der Waals surface area (Å²) in [5.41, 5.74) is 5.63. The molecule has 0 unspecified atom stereocenters. The monoisotopic (exact) mass is 295 g/mol. The predicted molar refractivity (Wildman–Crippen MR) is 72.6 cm³/mol. The molecule has 0 aliphatic carbocycles. The summed E-state index contributed by atoms with van der Waals surface area (Å²) in [4.78, 5) is 7.83. The molecule has 2 aromatic rings. The zero-order valence-electron chi connectivity index (χ0n) is 10.9. The summed E-state index contributed by atoms with van der Waals surface area (Å²) in [7, 11) is -1.90. The van der Waals surface area contributed by atoms with Gasteiger partial charge < -0.3 is 15.2 Å². The molecule has 0 radical (unpaired) electrons. The summed E-state index contributed by atoms with van der Waals surface area (Å²) >= 11 is 0. The van der Waals surface area contributed by atoms with Crippen molar-refractivity contribution in [3.63, 3.8) is 0 Å². The number of aromatic nitrogens is 2. The van der Waals surface area contributed by atoms with Gasteiger partial charge >= 0.3 is 0 Å². The standard InChI is InChI=1S/C12H13N3O4S/c1-18-10-11(13)14-7-15-12(10)19-8-4-3-5-9(6-8)20(2,16)17/h3-7H,1-2H3,(H2,13,14,15). The maximum Gasteiger partial charge on any atom is 0.268 e. The third kappa shape index (κ3) is 2.97. The molecule has 0 saturated heterocycles. The van der Waals surface area contributed by atoms with E-state index in [4.69, 9.17) is 15.2 Å². The molecule has 0 bridgehead atoms. The molecule has 0 saturated carbocycles. The largest absolute Gasteiger partial charge is 0.489 e. The molecule has 0 aliphatic heterocycles. The molecule has 7 nitrogen and oxygen atoms in total. The zero-order chi connectivity index (χ0) is 14.8. The Bertz CT molecular complexity index is 731. The minimum absolute atomic E-state index is 0.116. The number of benzene rings is 1. The second kappa shape index (κ2) is 5.33. The van der Waals surface area contributed by atoms with E-state index < -0.39 is 9.84 Å². The SMILES string of the molecule is COc1c(N)ncnc1Oc1cccc(S(C)(=O)=O)c1. The summed E-state index contributed by atoms with van der Waals surface area (Å²) in [5.74, 6) is 0.754. The van der Waals surface area contributed by atoms with E-state index in [1.807, 2.05) is 0 Å². The number of nitrogens with two attached hydrogens (primary N) is 1. The highest BCUT2D eigenvalue weighted by Crippen LogP contribution is 2.32. The maximum atomic E-state index is 11.5. The number of sulfone groups is 1. The third-order valence-corrected chi connectivity index (χ3v) is 3.56. The predicted octanol–water partition coefficient (Wildman–Crippen LogP) is 1.26. The first-order chi connectivity index (χ1) is 9.41. The van der Waals surface area contributed by atoms with Crippen molar-refractivity contribution in [2.24, 2.45) is 0 Å². The summed E-state index contributed by atoms with van der Waals surface area (Å²) in [6.45, 7) is 0. The van der Waals surface area contributed by atoms with Gasteiger partial charge in [-0.05, 0) is 18.2 Å². The fourth-order valence-corrected chi connectivity index (χ4v) is 2.17. The summed E-state index contributed by atoms with van der Waals surface area (Å²) in [6.07, 6.45) is 2.35. The maximum absolute atomic E-state index is 11.5. The lowest BCUT2D eigenvalue weighted by molar-refractivity contribution is 0.369. The number of hydrogen-bond donors (Lipinski definition) is 1. The highest BCUT2D eigenvalue weighted by atomic mass is 32.2. The molecule has 1 heterocycles. The van der Waals surface area contributed by atoms with Gasteiger partial charge in [0, 0.05) is 6.26 Å². The second-order valence-corrected chi connectivity index (χ2v) is 5.96. The lowest BCUT2D eigenvalue weighted by Gasteiger charge is -2.10. The van der Waals surface area contributed by atoms with Crippen LogP contribution in [0.1, 0.15) is 0 Å². The van der Waals surface area contributed by atoms with Gasteiger partial charge in [-0.15, -0.1) is 0 Å². The second-order valence-electron chi connectivity index (χ2n) is 3.95. The molecule has 0 fully saturated rings. The van der Waals surface area contributed by atoms with Crippen molar-refractivity contribution in [3.05, 3.63) is 30.6 Å². The Hall–Kier alpha value is -2.35. The van der Waals surface area contributed by atoms with Crippen LogP contribution in [0, 0.1) is 0 Å². The van der Waals surface area contributed by atoms with Crippen LogP contribution < -0.4 is 15.2 Å². The molecule has 0 aliphatic rings. The summed E-state index contributed by atoms with van der Waals surface area (Å²) in [5, 5.41) is 0. The molecule has 8 heteroatoms. The van der Waals surface area contributed by atoms with E-state index in [0.717, 1.165) is 6.26 Å². The van der Waals surface area contributed by atoms with Gasteiger partial charge in [-0.25, -0.2) is 13.4 Å². The van der Waals surface area contributed by atoms with E-state index in [0.29, 0.717) is 5.75 Å². The molecular formula is C12H13N3O4S. The average molecular weight is 295 g/mol. The normalized spacial score (nSPS) is 11.1. The fraction of sp³-hybridized carbons (Fsp3) is 0.167. The molecule has 2 rings (SSSR count). The Morgan fingerprint density at radius 2 is 2.00 bits per heavy atom. The fourth-order valence-electron chi connectivity index (χ4n) is 1.51. The first kappa shape index (κ1) is 14.1. The zero-order valence-corrected chi connectivity index (χ0v) is 11.7. The van der Waals surface area contributed by atoms with E-state index in [1.165, 1.54) is 25.6 Å². The van der Waals surface area contributed by atoms with Crippen LogP contribution in [0.4, 0.5) is 5.82 Å². The molecule has 2 N–H and O–H groups in total. The Kier molecular flexibility index (Phi) is 3.75. The van der Waals surface area contributed by atoms with E-state index in [2.05, 4.69) is 9.97 Å². The summed E-state index contributed by atoms with van der Waals surface area (Å²) in [6, 6.07) is 6.05. The van der Waals surface area contributed by atoms with Crippen molar-refractivity contribution in [3.8, 4) is 17.4 Å². The van der Waals surface area contributed by atoms with Crippen molar-refractivity contribution < 1.29 is 17.9 Å². The number of hydrogen-bond acceptors (Lipinski definition) is 7. The molecule has 1 aromatic carbocycles. The highest BCUT2D eigenvalue weighted by Gasteiger charge is 2.13. The minimum Gasteiger partial charge on any atom is -0.489 e. The van der Waals surface area contributed by atoms with Crippen LogP contribution in [0.5, 0.6) is 17.4 Å². The van der Waals surface area contributed by atoms with Crippen LogP contribution in [0.15, 0.2) is 35.5 Å². The molecule has 0 atom stereocenters. The lowest BCUT2D eigenvalue weighted by Crippen LogP contribution is -2.01. The van der Waals surface area contributed by atoms with Crippen molar-refractivity contribution in [2.45, 2.75) is 4.90 Å². The van der Waals surface area contributed by atoms with Gasteiger partial charge in [-0.2, -0.15) is 4.98 Å². The van der Waals surface area contributed by atoms with Crippen molar-refractivity contribution in [1.29, 1.82) is 0 Å². The first-order valence-electron chi connectivity index (χ1n) is 5.54. The van der Waals surface area contributed by atoms with Crippen LogP contribution in [0.25, 0.3) is 0 Å². The number of ether oxygens (including phenoxy) is 2. The van der Waals surface area contributed by atoms with Crippen molar-refractivity contribution in [1.82, 2.24) is 9.97 Å². The number of rotatable bonds is 4. The first-order valence-corrected chi connectivity index (χ1v) is 7.43. The van der Waals surface area contributed by atoms with Gasteiger partial charge in [0.2, 0.25) is 5.75 Å². The van der Waals surface area contributed by atoms with E-state index in [1.54, 1.807) is 12.1 Å². The van der Waals surface area contributed by atoms with Gasteiger partial charge in [0.1, 0.15) is 12.1 Å². The quantitative estimate of drug-likeness (QED) is 0.905. The van der Waals surface area contributed by atoms with Gasteiger partial charge in [-0.1, -0.05) is 6.07 Å². The third-order valence-electron chi connectivity index (χ3n) is 2.45. The molecule has 1 aromatic heterocycles. The number of anilines is 1. The van der Waals surface area contributed by atoms with Crippen LogP contribution >= 0.6 is 0 Å². The molecule has 106 valence electrons. The van der Waals surface area contributed by atoms with E-state index in [9.17, 15) is 8.42 Å². The average Bonchev–Trinajstić information content (AvgIpc) is 2.38. The molecule has 0 spiro atoms. The lowest BCUT2D eigenvalue weighted by atomic mass is 10.3. The number of methoxy groups -OCH3 is 1. The van der Waals surface area contributed by atoms with Crippen LogP contribution in [-0.2, 0) is 9.84 Å². The Balaban J connectivity index is 2.38. The van der Waals surface area contributed by atoms with Crippen molar-refractivity contribution in [2.75, 3.05) is 19.1 Å². The van der Waals surface area contributed by atoms with E-state index in [-0.39, 0.29) is 22.3 Å². The van der Waals surface area contributed by atoms with E-state index >= 15 is 0 Å². The van der Waals surface area contributed by atoms with Gasteiger partial charge in [0.05, 0.1) is 12.0 Å². The van der Waals surface area contributed by atoms with Crippen LogP contribution in [-0.4, -0.2) is 31.8 Å². The number of nitrogen functional groups attached to an aromatic ring is 1. The van der Waals surface area contributed by atoms with Crippen LogP contribution in [0.3, 0.4) is 0 Å². The summed E-state index contributed by atoms with van der Waals surface area (Å²) < 4.78 is 33.5. The Morgan fingerprint density at radius 1 is 1.25 bits per heavy atom. The topological polar surface area (TPSA) is 104 Å². The van der Waals surface area contributed by atoms with Crippen molar-refractivity contribution >= 4 is 15.7 Å². The Labute approximate surface area is 116 Å². The smallest absolute Gasteiger partial charge is 0.268 e. The Morgan fingerprint density at radius 3 is 2.65 bits per heavy atom. The van der Waals surface area contributed by atoms with Gasteiger partial charge in [-0.3, -0.25) is 0 Å².